The van der Waals surface area contributed by atoms with Crippen molar-refractivity contribution in [2.75, 3.05) is 0 Å². The van der Waals surface area contributed by atoms with Crippen LogP contribution < -0.4 is 10.2 Å². The fourth-order valence-electron chi connectivity index (χ4n) is 1.61. The molecule has 5 heteroatoms. The zero-order valence-electron chi connectivity index (χ0n) is 9.58. The monoisotopic (exact) mass is 246 g/mol. The van der Waals surface area contributed by atoms with Crippen LogP contribution in [-0.4, -0.2) is 17.2 Å². The third-order valence-corrected chi connectivity index (χ3v) is 2.48. The SMILES string of the molecule is OB(O)c1ccccc1OCc1cccc(F)c1. The molecular weight excluding hydrogens is 234 g/mol. The van der Waals surface area contributed by atoms with Gasteiger partial charge in [0.1, 0.15) is 18.2 Å². The molecule has 0 saturated heterocycles. The number of para-hydroxylation sites is 1. The first kappa shape index (κ1) is 12.6. The van der Waals surface area contributed by atoms with Crippen LogP contribution in [0.2, 0.25) is 0 Å². The normalized spacial score (nSPS) is 10.2. The number of ether oxygens (including phenoxy) is 1. The minimum absolute atomic E-state index is 0.168. The topological polar surface area (TPSA) is 49.7 Å². The fraction of sp³-hybridized carbons (Fsp3) is 0.0769. The Morgan fingerprint density at radius 1 is 1.06 bits per heavy atom. The van der Waals surface area contributed by atoms with Gasteiger partial charge >= 0.3 is 7.12 Å². The summed E-state index contributed by atoms with van der Waals surface area (Å²) in [6, 6.07) is 12.7. The van der Waals surface area contributed by atoms with E-state index in [2.05, 4.69) is 0 Å². The van der Waals surface area contributed by atoms with Gasteiger partial charge < -0.3 is 14.8 Å². The first-order chi connectivity index (χ1) is 8.66. The van der Waals surface area contributed by atoms with Gasteiger partial charge in [-0.3, -0.25) is 0 Å². The van der Waals surface area contributed by atoms with Crippen molar-refractivity contribution >= 4 is 12.6 Å². The van der Waals surface area contributed by atoms with E-state index in [0.717, 1.165) is 0 Å². The Balaban J connectivity index is 2.11. The molecule has 2 rings (SSSR count). The largest absolute Gasteiger partial charge is 0.492 e. The van der Waals surface area contributed by atoms with Gasteiger partial charge in [0, 0.05) is 5.46 Å². The van der Waals surface area contributed by atoms with Crippen LogP contribution in [-0.2, 0) is 6.61 Å². The zero-order chi connectivity index (χ0) is 13.0. The van der Waals surface area contributed by atoms with Gasteiger partial charge in [0.2, 0.25) is 0 Å². The van der Waals surface area contributed by atoms with Crippen LogP contribution >= 0.6 is 0 Å². The Bertz CT molecular complexity index is 531. The molecule has 3 nitrogen and oxygen atoms in total. The van der Waals surface area contributed by atoms with Gasteiger partial charge in [0.25, 0.3) is 0 Å². The Hall–Kier alpha value is -1.85. The molecule has 0 heterocycles. The molecule has 0 bridgehead atoms. The standard InChI is InChI=1S/C13H12BFO3/c15-11-5-3-4-10(8-11)9-18-13-7-2-1-6-12(13)14(16)17/h1-8,16-17H,9H2. The number of hydrogen-bond donors (Lipinski definition) is 2. The van der Waals surface area contributed by atoms with E-state index in [1.165, 1.54) is 12.1 Å². The lowest BCUT2D eigenvalue weighted by atomic mass is 9.79. The van der Waals surface area contributed by atoms with E-state index in [4.69, 9.17) is 14.8 Å². The third-order valence-electron chi connectivity index (χ3n) is 2.48. The molecule has 0 aliphatic carbocycles. The smallest absolute Gasteiger partial charge is 0.489 e. The van der Waals surface area contributed by atoms with E-state index < -0.39 is 7.12 Å². The molecule has 2 aromatic carbocycles. The van der Waals surface area contributed by atoms with Crippen molar-refractivity contribution in [1.29, 1.82) is 0 Å². The van der Waals surface area contributed by atoms with E-state index in [1.54, 1.807) is 36.4 Å². The molecule has 2 aromatic rings. The molecule has 0 saturated carbocycles. The Kier molecular flexibility index (Phi) is 3.97. The molecule has 0 amide bonds. The summed E-state index contributed by atoms with van der Waals surface area (Å²) in [4.78, 5) is 0. The zero-order valence-corrected chi connectivity index (χ0v) is 9.58. The van der Waals surface area contributed by atoms with Crippen LogP contribution in [0.25, 0.3) is 0 Å². The Morgan fingerprint density at radius 3 is 2.56 bits per heavy atom. The van der Waals surface area contributed by atoms with E-state index in [0.29, 0.717) is 11.3 Å². The maximum absolute atomic E-state index is 13.0. The first-order valence-corrected chi connectivity index (χ1v) is 5.49. The van der Waals surface area contributed by atoms with Gasteiger partial charge in [0.05, 0.1) is 0 Å². The lowest BCUT2D eigenvalue weighted by Crippen LogP contribution is -2.31. The maximum atomic E-state index is 13.0. The van der Waals surface area contributed by atoms with Crippen molar-refractivity contribution in [2.45, 2.75) is 6.61 Å². The quantitative estimate of drug-likeness (QED) is 0.794. The number of halogens is 1. The summed E-state index contributed by atoms with van der Waals surface area (Å²) < 4.78 is 18.4. The van der Waals surface area contributed by atoms with Crippen LogP contribution in [0.15, 0.2) is 48.5 Å². The predicted molar refractivity (Wildman–Crippen MR) is 67.0 cm³/mol. The lowest BCUT2D eigenvalue weighted by Gasteiger charge is -2.10. The molecule has 0 aliphatic rings. The minimum Gasteiger partial charge on any atom is -0.489 e. The van der Waals surface area contributed by atoms with Crippen molar-refractivity contribution in [3.8, 4) is 5.75 Å². The van der Waals surface area contributed by atoms with Gasteiger partial charge in [-0.05, 0) is 23.8 Å². The van der Waals surface area contributed by atoms with E-state index in [9.17, 15) is 4.39 Å². The molecule has 0 spiro atoms. The fourth-order valence-corrected chi connectivity index (χ4v) is 1.61. The van der Waals surface area contributed by atoms with Crippen LogP contribution in [0.1, 0.15) is 5.56 Å². The van der Waals surface area contributed by atoms with E-state index in [1.807, 2.05) is 0 Å². The minimum atomic E-state index is -1.59. The highest BCUT2D eigenvalue weighted by molar-refractivity contribution is 6.59. The summed E-state index contributed by atoms with van der Waals surface area (Å²) in [6.07, 6.45) is 0. The van der Waals surface area contributed by atoms with E-state index >= 15 is 0 Å². The summed E-state index contributed by atoms with van der Waals surface area (Å²) in [5.41, 5.74) is 0.964. The van der Waals surface area contributed by atoms with Crippen molar-refractivity contribution in [3.05, 3.63) is 59.9 Å². The highest BCUT2D eigenvalue weighted by Crippen LogP contribution is 2.11. The van der Waals surface area contributed by atoms with Gasteiger partial charge in [-0.1, -0.05) is 30.3 Å². The van der Waals surface area contributed by atoms with Gasteiger partial charge in [-0.15, -0.1) is 0 Å². The third kappa shape index (κ3) is 3.09. The number of hydrogen-bond acceptors (Lipinski definition) is 3. The summed E-state index contributed by atoms with van der Waals surface area (Å²) in [6.45, 7) is 0.168. The average Bonchev–Trinajstić information content (AvgIpc) is 2.37. The summed E-state index contributed by atoms with van der Waals surface area (Å²) in [5.74, 6) is 0.0448. The number of rotatable bonds is 4. The molecular formula is C13H12BFO3. The average molecular weight is 246 g/mol. The number of benzene rings is 2. The summed E-state index contributed by atoms with van der Waals surface area (Å²) in [7, 11) is -1.59. The van der Waals surface area contributed by atoms with E-state index in [-0.39, 0.29) is 17.9 Å². The van der Waals surface area contributed by atoms with Gasteiger partial charge in [-0.25, -0.2) is 4.39 Å². The second kappa shape index (κ2) is 5.66. The molecule has 2 N–H and O–H groups in total. The van der Waals surface area contributed by atoms with Crippen LogP contribution in [0.3, 0.4) is 0 Å². The Morgan fingerprint density at radius 2 is 1.83 bits per heavy atom. The molecule has 18 heavy (non-hydrogen) atoms. The highest BCUT2D eigenvalue weighted by Gasteiger charge is 2.16. The molecule has 0 radical (unpaired) electrons. The van der Waals surface area contributed by atoms with Crippen LogP contribution in [0.4, 0.5) is 4.39 Å². The van der Waals surface area contributed by atoms with Crippen molar-refractivity contribution in [2.24, 2.45) is 0 Å². The van der Waals surface area contributed by atoms with Crippen LogP contribution in [0.5, 0.6) is 5.75 Å². The lowest BCUT2D eigenvalue weighted by molar-refractivity contribution is 0.306. The molecule has 0 unspecified atom stereocenters. The molecule has 0 aliphatic heterocycles. The van der Waals surface area contributed by atoms with Gasteiger partial charge in [0.15, 0.2) is 0 Å². The van der Waals surface area contributed by atoms with Gasteiger partial charge in [-0.2, -0.15) is 0 Å². The summed E-state index contributed by atoms with van der Waals surface area (Å²) in [5, 5.41) is 18.3. The molecule has 0 atom stereocenters. The molecule has 0 aromatic heterocycles. The Labute approximate surface area is 105 Å². The predicted octanol–water partition coefficient (Wildman–Crippen LogP) is 1.08. The second-order valence-electron chi connectivity index (χ2n) is 3.83. The molecule has 0 fully saturated rings. The summed E-state index contributed by atoms with van der Waals surface area (Å²) >= 11 is 0. The van der Waals surface area contributed by atoms with Crippen molar-refractivity contribution < 1.29 is 19.2 Å². The second-order valence-corrected chi connectivity index (χ2v) is 3.83. The molecule has 92 valence electrons. The van der Waals surface area contributed by atoms with Crippen molar-refractivity contribution in [1.82, 2.24) is 0 Å². The first-order valence-electron chi connectivity index (χ1n) is 5.49. The highest BCUT2D eigenvalue weighted by atomic mass is 19.1. The van der Waals surface area contributed by atoms with Crippen LogP contribution in [0, 0.1) is 5.82 Å². The van der Waals surface area contributed by atoms with Crippen molar-refractivity contribution in [3.63, 3.8) is 0 Å². The maximum Gasteiger partial charge on any atom is 0.492 e.